The standard InChI is InChI=1S/C11H8ClN5O2/c1-16-6-7(5-13)11(15-16)14-9-3-2-8(12)4-10(9)17(18)19/h2-4,6H,1H3,(H,14,15). The fourth-order valence-electron chi connectivity index (χ4n) is 1.55. The van der Waals surface area contributed by atoms with Gasteiger partial charge in [0.25, 0.3) is 5.69 Å². The van der Waals surface area contributed by atoms with E-state index in [1.165, 1.54) is 29.1 Å². The van der Waals surface area contributed by atoms with Crippen LogP contribution in [0, 0.1) is 21.4 Å². The lowest BCUT2D eigenvalue weighted by Gasteiger charge is -2.04. The number of aryl methyl sites for hydroxylation is 1. The van der Waals surface area contributed by atoms with Crippen molar-refractivity contribution in [2.75, 3.05) is 5.32 Å². The molecule has 2 rings (SSSR count). The van der Waals surface area contributed by atoms with Crippen molar-refractivity contribution in [2.45, 2.75) is 0 Å². The van der Waals surface area contributed by atoms with Gasteiger partial charge in [0.05, 0.1) is 4.92 Å². The number of hydrogen-bond acceptors (Lipinski definition) is 5. The van der Waals surface area contributed by atoms with Crippen LogP contribution in [0.15, 0.2) is 24.4 Å². The average Bonchev–Trinajstić information content (AvgIpc) is 2.71. The second-order valence-electron chi connectivity index (χ2n) is 3.72. The summed E-state index contributed by atoms with van der Waals surface area (Å²) in [6, 6.07) is 6.18. The van der Waals surface area contributed by atoms with Crippen molar-refractivity contribution >= 4 is 28.8 Å². The summed E-state index contributed by atoms with van der Waals surface area (Å²) < 4.78 is 1.45. The maximum Gasteiger partial charge on any atom is 0.294 e. The minimum Gasteiger partial charge on any atom is -0.332 e. The van der Waals surface area contributed by atoms with Gasteiger partial charge in [0.2, 0.25) is 0 Å². The summed E-state index contributed by atoms with van der Waals surface area (Å²) in [6.45, 7) is 0. The zero-order valence-corrected chi connectivity index (χ0v) is 10.5. The Kier molecular flexibility index (Phi) is 3.35. The van der Waals surface area contributed by atoms with E-state index in [1.807, 2.05) is 6.07 Å². The van der Waals surface area contributed by atoms with Crippen LogP contribution in [0.1, 0.15) is 5.56 Å². The molecule has 8 heteroatoms. The minimum absolute atomic E-state index is 0.179. The quantitative estimate of drug-likeness (QED) is 0.687. The van der Waals surface area contributed by atoms with Crippen LogP contribution in [0.25, 0.3) is 0 Å². The molecule has 0 radical (unpaired) electrons. The topological polar surface area (TPSA) is 96.8 Å². The third-order valence-corrected chi connectivity index (χ3v) is 2.59. The van der Waals surface area contributed by atoms with Gasteiger partial charge in [0.15, 0.2) is 5.82 Å². The summed E-state index contributed by atoms with van der Waals surface area (Å²) in [5.41, 5.74) is 0.346. The van der Waals surface area contributed by atoms with Gasteiger partial charge in [-0.25, -0.2) is 0 Å². The van der Waals surface area contributed by atoms with Crippen LogP contribution in [0.5, 0.6) is 0 Å². The van der Waals surface area contributed by atoms with Crippen LogP contribution in [0.2, 0.25) is 5.02 Å². The molecule has 0 aliphatic heterocycles. The Balaban J connectivity index is 2.44. The first-order valence-electron chi connectivity index (χ1n) is 5.16. The van der Waals surface area contributed by atoms with E-state index in [0.29, 0.717) is 5.56 Å². The summed E-state index contributed by atoms with van der Waals surface area (Å²) in [5.74, 6) is 0.260. The Morgan fingerprint density at radius 3 is 2.95 bits per heavy atom. The van der Waals surface area contributed by atoms with Crippen LogP contribution in [0.4, 0.5) is 17.2 Å². The molecule has 1 aromatic heterocycles. The predicted molar refractivity (Wildman–Crippen MR) is 69.3 cm³/mol. The molecule has 19 heavy (non-hydrogen) atoms. The zero-order valence-electron chi connectivity index (χ0n) is 9.79. The molecule has 0 fully saturated rings. The van der Waals surface area contributed by atoms with Gasteiger partial charge in [-0.15, -0.1) is 0 Å². The van der Waals surface area contributed by atoms with Gasteiger partial charge in [0, 0.05) is 24.3 Å². The van der Waals surface area contributed by atoms with Crippen LogP contribution >= 0.6 is 11.6 Å². The smallest absolute Gasteiger partial charge is 0.294 e. The third kappa shape index (κ3) is 2.64. The molecule has 0 spiro atoms. The van der Waals surface area contributed by atoms with E-state index in [4.69, 9.17) is 16.9 Å². The monoisotopic (exact) mass is 277 g/mol. The Morgan fingerprint density at radius 1 is 1.58 bits per heavy atom. The number of hydrogen-bond donors (Lipinski definition) is 1. The van der Waals surface area contributed by atoms with Gasteiger partial charge in [-0.05, 0) is 12.1 Å². The highest BCUT2D eigenvalue weighted by Crippen LogP contribution is 2.30. The Labute approximate surface area is 113 Å². The summed E-state index contributed by atoms with van der Waals surface area (Å²) in [4.78, 5) is 10.4. The number of aromatic nitrogens is 2. The maximum absolute atomic E-state index is 10.9. The van der Waals surface area contributed by atoms with Crippen molar-refractivity contribution in [3.63, 3.8) is 0 Å². The zero-order chi connectivity index (χ0) is 14.0. The van der Waals surface area contributed by atoms with Gasteiger partial charge >= 0.3 is 0 Å². The second-order valence-corrected chi connectivity index (χ2v) is 4.16. The van der Waals surface area contributed by atoms with Crippen molar-refractivity contribution in [1.82, 2.24) is 9.78 Å². The number of nitrogens with one attached hydrogen (secondary N) is 1. The van der Waals surface area contributed by atoms with E-state index in [2.05, 4.69) is 10.4 Å². The van der Waals surface area contributed by atoms with E-state index in [1.54, 1.807) is 7.05 Å². The number of nitro benzene ring substituents is 1. The number of halogens is 1. The lowest BCUT2D eigenvalue weighted by molar-refractivity contribution is -0.383. The molecule has 1 aromatic carbocycles. The fraction of sp³-hybridized carbons (Fsp3) is 0.0909. The Morgan fingerprint density at radius 2 is 2.32 bits per heavy atom. The van der Waals surface area contributed by atoms with Gasteiger partial charge in [0.1, 0.15) is 17.3 Å². The molecule has 2 aromatic rings. The molecule has 0 saturated carbocycles. The summed E-state index contributed by atoms with van der Waals surface area (Å²) in [5, 5.41) is 26.9. The highest BCUT2D eigenvalue weighted by atomic mass is 35.5. The SMILES string of the molecule is Cn1cc(C#N)c(Nc2ccc(Cl)cc2[N+](=O)[O-])n1. The van der Waals surface area contributed by atoms with Gasteiger partial charge in [-0.1, -0.05) is 11.6 Å². The molecule has 0 unspecified atom stereocenters. The molecule has 1 heterocycles. The molecule has 1 N–H and O–H groups in total. The van der Waals surface area contributed by atoms with Crippen LogP contribution in [-0.4, -0.2) is 14.7 Å². The number of anilines is 2. The predicted octanol–water partition coefficient (Wildman–Crippen LogP) is 2.60. The first kappa shape index (κ1) is 12.9. The van der Waals surface area contributed by atoms with Crippen molar-refractivity contribution in [3.8, 4) is 6.07 Å². The van der Waals surface area contributed by atoms with Crippen LogP contribution in [0.3, 0.4) is 0 Å². The second kappa shape index (κ2) is 4.96. The molecule has 0 aliphatic carbocycles. The van der Waals surface area contributed by atoms with Crippen molar-refractivity contribution in [3.05, 3.63) is 45.1 Å². The fourth-order valence-corrected chi connectivity index (χ4v) is 1.72. The molecule has 0 saturated heterocycles. The minimum atomic E-state index is -0.552. The molecule has 0 bridgehead atoms. The summed E-state index contributed by atoms with van der Waals surface area (Å²) >= 11 is 5.72. The van der Waals surface area contributed by atoms with Gasteiger partial charge in [-0.3, -0.25) is 14.8 Å². The Hall–Kier alpha value is -2.59. The number of nitrogens with zero attached hydrogens (tertiary/aromatic N) is 4. The molecule has 7 nitrogen and oxygen atoms in total. The number of nitro groups is 1. The highest BCUT2D eigenvalue weighted by molar-refractivity contribution is 6.30. The largest absolute Gasteiger partial charge is 0.332 e. The number of benzene rings is 1. The molecule has 96 valence electrons. The summed E-state index contributed by atoms with van der Waals surface area (Å²) in [7, 11) is 1.66. The molecule has 0 aliphatic rings. The first-order chi connectivity index (χ1) is 9.01. The van der Waals surface area contributed by atoms with Crippen molar-refractivity contribution < 1.29 is 4.92 Å². The lowest BCUT2D eigenvalue weighted by atomic mass is 10.2. The van der Waals surface area contributed by atoms with E-state index in [0.717, 1.165) is 0 Å². The molecular weight excluding hydrogens is 270 g/mol. The van der Waals surface area contributed by atoms with Crippen LogP contribution in [-0.2, 0) is 7.05 Å². The van der Waals surface area contributed by atoms with E-state index >= 15 is 0 Å². The van der Waals surface area contributed by atoms with Crippen LogP contribution < -0.4 is 5.32 Å². The molecule has 0 amide bonds. The van der Waals surface area contributed by atoms with Gasteiger partial charge in [-0.2, -0.15) is 10.4 Å². The maximum atomic E-state index is 10.9. The molecule has 0 atom stereocenters. The van der Waals surface area contributed by atoms with E-state index in [-0.39, 0.29) is 22.2 Å². The normalized spacial score (nSPS) is 9.95. The van der Waals surface area contributed by atoms with E-state index in [9.17, 15) is 10.1 Å². The van der Waals surface area contributed by atoms with Crippen molar-refractivity contribution in [1.29, 1.82) is 5.26 Å². The Bertz CT molecular complexity index is 689. The first-order valence-corrected chi connectivity index (χ1v) is 5.54. The van der Waals surface area contributed by atoms with E-state index < -0.39 is 4.92 Å². The summed E-state index contributed by atoms with van der Waals surface area (Å²) in [6.07, 6.45) is 1.52. The highest BCUT2D eigenvalue weighted by Gasteiger charge is 2.17. The molecular formula is C11H8ClN5O2. The third-order valence-electron chi connectivity index (χ3n) is 2.36. The van der Waals surface area contributed by atoms with Gasteiger partial charge < -0.3 is 5.32 Å². The number of nitriles is 1. The average molecular weight is 278 g/mol. The van der Waals surface area contributed by atoms with Crippen molar-refractivity contribution in [2.24, 2.45) is 7.05 Å². The lowest BCUT2D eigenvalue weighted by Crippen LogP contribution is -1.99. The number of rotatable bonds is 3.